The van der Waals surface area contributed by atoms with Gasteiger partial charge in [-0.2, -0.15) is 0 Å². The molecule has 1 aromatic rings. The van der Waals surface area contributed by atoms with Crippen LogP contribution < -0.4 is 10.9 Å². The number of ether oxygens (including phenoxy) is 1. The molecule has 0 atom stereocenters. The smallest absolute Gasteiger partial charge is 0.410 e. The SMILES string of the molecule is CC(C)(C)OC(=O)N1CCC(c2cc(F)cnc2C(=O)NNC=O)CC1. The van der Waals surface area contributed by atoms with Crippen molar-refractivity contribution < 1.29 is 23.5 Å². The van der Waals surface area contributed by atoms with Gasteiger partial charge < -0.3 is 9.64 Å². The molecule has 0 aliphatic carbocycles. The van der Waals surface area contributed by atoms with Gasteiger partial charge in [-0.05, 0) is 51.2 Å². The summed E-state index contributed by atoms with van der Waals surface area (Å²) >= 11 is 0. The number of rotatable bonds is 4. The monoisotopic (exact) mass is 366 g/mol. The molecular weight excluding hydrogens is 343 g/mol. The van der Waals surface area contributed by atoms with Gasteiger partial charge in [-0.15, -0.1) is 0 Å². The Hall–Kier alpha value is -2.71. The molecular formula is C17H23FN4O4. The predicted octanol–water partition coefficient (Wildman–Crippen LogP) is 1.73. The molecule has 142 valence electrons. The maximum Gasteiger partial charge on any atom is 0.410 e. The summed E-state index contributed by atoms with van der Waals surface area (Å²) < 4.78 is 19.0. The van der Waals surface area contributed by atoms with Crippen molar-refractivity contribution in [3.05, 3.63) is 29.3 Å². The van der Waals surface area contributed by atoms with Gasteiger partial charge in [0.05, 0.1) is 6.20 Å². The van der Waals surface area contributed by atoms with Crippen LogP contribution in [0.25, 0.3) is 0 Å². The van der Waals surface area contributed by atoms with Gasteiger partial charge in [-0.3, -0.25) is 20.4 Å². The summed E-state index contributed by atoms with van der Waals surface area (Å²) in [5, 5.41) is 0. The van der Waals surface area contributed by atoms with E-state index < -0.39 is 17.3 Å². The molecule has 0 radical (unpaired) electrons. The summed E-state index contributed by atoms with van der Waals surface area (Å²) in [5.41, 5.74) is 4.16. The summed E-state index contributed by atoms with van der Waals surface area (Å²) in [6, 6.07) is 1.27. The lowest BCUT2D eigenvalue weighted by molar-refractivity contribution is -0.110. The first-order valence-corrected chi connectivity index (χ1v) is 8.34. The number of piperidine rings is 1. The minimum absolute atomic E-state index is 0.0523. The third-order valence-corrected chi connectivity index (χ3v) is 3.93. The minimum atomic E-state index is -0.623. The number of halogens is 1. The predicted molar refractivity (Wildman–Crippen MR) is 90.6 cm³/mol. The first kappa shape index (κ1) is 19.6. The number of nitrogens with one attached hydrogen (secondary N) is 2. The number of hydrogen-bond acceptors (Lipinski definition) is 5. The lowest BCUT2D eigenvalue weighted by Crippen LogP contribution is -2.42. The van der Waals surface area contributed by atoms with E-state index in [0.717, 1.165) is 6.20 Å². The number of carbonyl (C=O) groups is 3. The van der Waals surface area contributed by atoms with E-state index in [-0.39, 0.29) is 17.7 Å². The number of likely N-dealkylation sites (tertiary alicyclic amines) is 1. The average molecular weight is 366 g/mol. The molecule has 0 spiro atoms. The molecule has 2 N–H and O–H groups in total. The van der Waals surface area contributed by atoms with Crippen LogP contribution in [0.5, 0.6) is 0 Å². The molecule has 0 aromatic carbocycles. The van der Waals surface area contributed by atoms with Gasteiger partial charge >= 0.3 is 6.09 Å². The van der Waals surface area contributed by atoms with E-state index in [2.05, 4.69) is 15.8 Å². The molecule has 9 heteroatoms. The standard InChI is InChI=1S/C17H23FN4O4/c1-17(2,3)26-16(25)22-6-4-11(5-7-22)13-8-12(18)9-19-14(13)15(24)21-20-10-23/h8-11H,4-7H2,1-3H3,(H,20,23)(H,21,24). The van der Waals surface area contributed by atoms with Gasteiger partial charge in [0.25, 0.3) is 5.91 Å². The van der Waals surface area contributed by atoms with E-state index in [1.165, 1.54) is 6.07 Å². The largest absolute Gasteiger partial charge is 0.444 e. The number of amides is 3. The van der Waals surface area contributed by atoms with Crippen molar-refractivity contribution in [1.29, 1.82) is 0 Å². The third-order valence-electron chi connectivity index (χ3n) is 3.93. The van der Waals surface area contributed by atoms with E-state index in [9.17, 15) is 18.8 Å². The number of nitrogens with zero attached hydrogens (tertiary/aromatic N) is 2. The Morgan fingerprint density at radius 2 is 2.00 bits per heavy atom. The molecule has 0 saturated carbocycles. The Labute approximate surface area is 151 Å². The van der Waals surface area contributed by atoms with Crippen molar-refractivity contribution in [3.8, 4) is 0 Å². The second kappa shape index (κ2) is 8.11. The molecule has 2 rings (SSSR count). The van der Waals surface area contributed by atoms with E-state index in [4.69, 9.17) is 4.74 Å². The van der Waals surface area contributed by atoms with Crippen LogP contribution in [0.3, 0.4) is 0 Å². The van der Waals surface area contributed by atoms with Crippen molar-refractivity contribution in [2.75, 3.05) is 13.1 Å². The van der Waals surface area contributed by atoms with Crippen molar-refractivity contribution in [2.45, 2.75) is 45.1 Å². The van der Waals surface area contributed by atoms with E-state index in [0.29, 0.717) is 37.9 Å². The number of pyridine rings is 1. The zero-order chi connectivity index (χ0) is 19.3. The topological polar surface area (TPSA) is 101 Å². The first-order chi connectivity index (χ1) is 12.2. The zero-order valence-electron chi connectivity index (χ0n) is 15.0. The maximum atomic E-state index is 13.7. The van der Waals surface area contributed by atoms with Gasteiger partial charge in [0.15, 0.2) is 0 Å². The van der Waals surface area contributed by atoms with Crippen LogP contribution in [0.2, 0.25) is 0 Å². The Morgan fingerprint density at radius 1 is 1.35 bits per heavy atom. The molecule has 3 amide bonds. The lowest BCUT2D eigenvalue weighted by Gasteiger charge is -2.34. The summed E-state index contributed by atoms with van der Waals surface area (Å²) in [5.74, 6) is -1.30. The number of hydrogen-bond donors (Lipinski definition) is 2. The van der Waals surface area contributed by atoms with Crippen LogP contribution >= 0.6 is 0 Å². The second-order valence-electron chi connectivity index (χ2n) is 7.05. The van der Waals surface area contributed by atoms with Crippen LogP contribution in [0, 0.1) is 5.82 Å². The summed E-state index contributed by atoms with van der Waals surface area (Å²) in [6.07, 6.45) is 1.98. The van der Waals surface area contributed by atoms with E-state index in [1.807, 2.05) is 0 Å². The highest BCUT2D eigenvalue weighted by Crippen LogP contribution is 2.30. The number of hydrazine groups is 1. The Morgan fingerprint density at radius 3 is 2.58 bits per heavy atom. The Kier molecular flexibility index (Phi) is 6.12. The highest BCUT2D eigenvalue weighted by atomic mass is 19.1. The Balaban J connectivity index is 2.09. The number of carbonyl (C=O) groups excluding carboxylic acids is 3. The summed E-state index contributed by atoms with van der Waals surface area (Å²) in [6.45, 7) is 6.27. The van der Waals surface area contributed by atoms with Gasteiger partial charge in [0, 0.05) is 13.1 Å². The molecule has 1 aromatic heterocycles. The average Bonchev–Trinajstić information content (AvgIpc) is 2.58. The molecule has 1 fully saturated rings. The lowest BCUT2D eigenvalue weighted by atomic mass is 9.88. The molecule has 1 saturated heterocycles. The molecule has 0 unspecified atom stereocenters. The zero-order valence-corrected chi connectivity index (χ0v) is 15.0. The van der Waals surface area contributed by atoms with E-state index >= 15 is 0 Å². The molecule has 0 bridgehead atoms. The van der Waals surface area contributed by atoms with Crippen molar-refractivity contribution in [2.24, 2.45) is 0 Å². The van der Waals surface area contributed by atoms with Gasteiger partial charge in [-0.1, -0.05) is 0 Å². The van der Waals surface area contributed by atoms with Gasteiger partial charge in [-0.25, -0.2) is 14.2 Å². The normalized spacial score (nSPS) is 15.3. The fourth-order valence-corrected chi connectivity index (χ4v) is 2.81. The minimum Gasteiger partial charge on any atom is -0.444 e. The Bertz CT molecular complexity index is 682. The van der Waals surface area contributed by atoms with Crippen LogP contribution in [0.15, 0.2) is 12.3 Å². The van der Waals surface area contributed by atoms with Crippen LogP contribution in [-0.2, 0) is 9.53 Å². The molecule has 1 aliphatic heterocycles. The van der Waals surface area contributed by atoms with Crippen LogP contribution in [0.4, 0.5) is 9.18 Å². The second-order valence-corrected chi connectivity index (χ2v) is 7.05. The third kappa shape index (κ3) is 5.14. The van der Waals surface area contributed by atoms with Crippen LogP contribution in [0.1, 0.15) is 55.6 Å². The summed E-state index contributed by atoms with van der Waals surface area (Å²) in [4.78, 5) is 40.0. The molecule has 1 aliphatic rings. The fraction of sp³-hybridized carbons (Fsp3) is 0.529. The highest BCUT2D eigenvalue weighted by Gasteiger charge is 2.30. The number of aromatic nitrogens is 1. The maximum absolute atomic E-state index is 13.7. The quantitative estimate of drug-likeness (QED) is 0.624. The molecule has 8 nitrogen and oxygen atoms in total. The van der Waals surface area contributed by atoms with Gasteiger partial charge in [0.2, 0.25) is 6.41 Å². The van der Waals surface area contributed by atoms with Crippen molar-refractivity contribution >= 4 is 18.4 Å². The van der Waals surface area contributed by atoms with Gasteiger partial charge in [0.1, 0.15) is 17.1 Å². The molecule has 26 heavy (non-hydrogen) atoms. The summed E-state index contributed by atoms with van der Waals surface area (Å²) in [7, 11) is 0. The fourth-order valence-electron chi connectivity index (χ4n) is 2.81. The van der Waals surface area contributed by atoms with Crippen molar-refractivity contribution in [3.63, 3.8) is 0 Å². The molecule has 2 heterocycles. The van der Waals surface area contributed by atoms with Crippen molar-refractivity contribution in [1.82, 2.24) is 20.7 Å². The highest BCUT2D eigenvalue weighted by molar-refractivity contribution is 5.94. The first-order valence-electron chi connectivity index (χ1n) is 8.34. The van der Waals surface area contributed by atoms with E-state index in [1.54, 1.807) is 25.7 Å². The van der Waals surface area contributed by atoms with Crippen LogP contribution in [-0.4, -0.2) is 47.0 Å².